The summed E-state index contributed by atoms with van der Waals surface area (Å²) >= 11 is 0. The van der Waals surface area contributed by atoms with Gasteiger partial charge in [0.2, 0.25) is 0 Å². The van der Waals surface area contributed by atoms with Crippen molar-refractivity contribution in [2.45, 2.75) is 122 Å². The number of aliphatic hydroxyl groups is 2. The van der Waals surface area contributed by atoms with Crippen LogP contribution in [0.1, 0.15) is 113 Å². The van der Waals surface area contributed by atoms with Gasteiger partial charge in [0, 0.05) is 55.8 Å². The van der Waals surface area contributed by atoms with Crippen molar-refractivity contribution < 1.29 is 30.6 Å². The lowest BCUT2D eigenvalue weighted by Crippen LogP contribution is -2.37. The van der Waals surface area contributed by atoms with E-state index in [9.17, 15) is 30.6 Å². The van der Waals surface area contributed by atoms with Crippen LogP contribution >= 0.6 is 0 Å². The second kappa shape index (κ2) is 11.4. The fraction of sp³-hybridized carbons (Fsp3) is 0.657. The minimum absolute atomic E-state index is 0.0900. The molecule has 6 rings (SSSR count). The zero-order valence-electron chi connectivity index (χ0n) is 26.9. The monoisotopic (exact) mass is 596 g/mol. The topological polar surface area (TPSA) is 128 Å². The molecule has 2 aliphatic heterocycles. The van der Waals surface area contributed by atoms with Crippen molar-refractivity contribution in [1.29, 1.82) is 0 Å². The predicted octanol–water partition coefficient (Wildman–Crippen LogP) is 5.10. The number of hydrogen-bond donors (Lipinski definition) is 6. The number of rotatable bonds is 4. The number of aliphatic hydroxyl groups excluding tert-OH is 2. The van der Waals surface area contributed by atoms with Gasteiger partial charge in [-0.2, -0.15) is 0 Å². The first-order valence-corrected chi connectivity index (χ1v) is 16.2. The highest BCUT2D eigenvalue weighted by molar-refractivity contribution is 5.70. The number of hydrogen-bond acceptors (Lipinski definition) is 8. The first-order valence-electron chi connectivity index (χ1n) is 16.2. The van der Waals surface area contributed by atoms with E-state index in [1.54, 1.807) is 12.1 Å². The van der Waals surface area contributed by atoms with Crippen molar-refractivity contribution in [2.75, 3.05) is 26.2 Å². The molecule has 2 aromatic carbocycles. The molecule has 2 heterocycles. The van der Waals surface area contributed by atoms with E-state index in [1.807, 2.05) is 13.8 Å². The van der Waals surface area contributed by atoms with Crippen molar-refractivity contribution >= 4 is 0 Å². The van der Waals surface area contributed by atoms with Crippen LogP contribution in [0.25, 0.3) is 0 Å². The lowest BCUT2D eigenvalue weighted by atomic mass is 9.70. The number of piperidine rings is 2. The Labute approximate surface area is 256 Å². The maximum absolute atomic E-state index is 11.4. The van der Waals surface area contributed by atoms with Gasteiger partial charge in [0.15, 0.2) is 23.0 Å². The summed E-state index contributed by atoms with van der Waals surface area (Å²) in [7, 11) is 0. The third-order valence-electron chi connectivity index (χ3n) is 10.5. The molecule has 6 N–H and O–H groups in total. The van der Waals surface area contributed by atoms with Crippen molar-refractivity contribution in [2.24, 2.45) is 0 Å². The van der Waals surface area contributed by atoms with Crippen LogP contribution in [0.2, 0.25) is 0 Å². The highest BCUT2D eigenvalue weighted by Crippen LogP contribution is 2.67. The summed E-state index contributed by atoms with van der Waals surface area (Å²) in [6, 6.07) is 3.47. The minimum atomic E-state index is -0.538. The summed E-state index contributed by atoms with van der Waals surface area (Å²) in [5, 5.41) is 65.0. The Balaban J connectivity index is 0.00000180. The number of phenolic OH excluding ortho intramolecular Hbond substituents is 4. The average molecular weight is 597 g/mol. The maximum Gasteiger partial charge on any atom is 0.162 e. The maximum atomic E-state index is 11.4. The van der Waals surface area contributed by atoms with Gasteiger partial charge in [0.1, 0.15) is 0 Å². The van der Waals surface area contributed by atoms with E-state index in [0.29, 0.717) is 65.0 Å². The van der Waals surface area contributed by atoms with Crippen molar-refractivity contribution in [1.82, 2.24) is 9.80 Å². The minimum Gasteiger partial charge on any atom is -0.504 e. The molecule has 2 fully saturated rings. The number of likely N-dealkylation sites (tertiary alicyclic amines) is 2. The fourth-order valence-electron chi connectivity index (χ4n) is 8.74. The van der Waals surface area contributed by atoms with E-state index in [-0.39, 0.29) is 46.0 Å². The van der Waals surface area contributed by atoms with E-state index in [0.717, 1.165) is 46.2 Å². The molecule has 43 heavy (non-hydrogen) atoms. The van der Waals surface area contributed by atoms with E-state index in [2.05, 4.69) is 37.5 Å². The van der Waals surface area contributed by atoms with Gasteiger partial charge in [-0.25, -0.2) is 0 Å². The summed E-state index contributed by atoms with van der Waals surface area (Å²) in [4.78, 5) is 4.49. The Kier molecular flexibility index (Phi) is 8.49. The molecule has 8 nitrogen and oxygen atoms in total. The van der Waals surface area contributed by atoms with Crippen molar-refractivity contribution in [3.63, 3.8) is 0 Å². The highest BCUT2D eigenvalue weighted by Gasteiger charge is 2.59. The first-order chi connectivity index (χ1) is 20.2. The Hall–Kier alpha value is -2.52. The molecule has 0 unspecified atom stereocenters. The van der Waals surface area contributed by atoms with E-state index in [4.69, 9.17) is 0 Å². The molecule has 0 aromatic heterocycles. The Morgan fingerprint density at radius 3 is 1.28 bits per heavy atom. The number of nitrogens with zero attached hydrogens (tertiary/aromatic N) is 2. The molecule has 2 saturated heterocycles. The molecule has 2 aliphatic carbocycles. The van der Waals surface area contributed by atoms with Crippen LogP contribution in [0.3, 0.4) is 0 Å². The van der Waals surface area contributed by atoms with E-state index >= 15 is 0 Å². The molecule has 0 radical (unpaired) electrons. The largest absolute Gasteiger partial charge is 0.504 e. The van der Waals surface area contributed by atoms with Crippen LogP contribution in [0, 0.1) is 0 Å². The molecule has 1 spiro atoms. The quantitative estimate of drug-likeness (QED) is 0.269. The van der Waals surface area contributed by atoms with Crippen LogP contribution in [0.5, 0.6) is 23.0 Å². The summed E-state index contributed by atoms with van der Waals surface area (Å²) in [6.45, 7) is 16.5. The molecule has 2 aromatic rings. The zero-order chi connectivity index (χ0) is 31.5. The molecule has 0 atom stereocenters. The Morgan fingerprint density at radius 2 is 0.953 bits per heavy atom. The Bertz CT molecular complexity index is 1250. The van der Waals surface area contributed by atoms with Crippen molar-refractivity contribution in [3.05, 3.63) is 45.5 Å². The predicted molar refractivity (Wildman–Crippen MR) is 168 cm³/mol. The van der Waals surface area contributed by atoms with Gasteiger partial charge in [0.25, 0.3) is 0 Å². The van der Waals surface area contributed by atoms with Crippen LogP contribution in [-0.4, -0.2) is 78.8 Å². The van der Waals surface area contributed by atoms with Gasteiger partial charge in [-0.1, -0.05) is 41.5 Å². The van der Waals surface area contributed by atoms with Gasteiger partial charge >= 0.3 is 0 Å². The van der Waals surface area contributed by atoms with Crippen molar-refractivity contribution in [3.8, 4) is 23.0 Å². The van der Waals surface area contributed by atoms with Crippen LogP contribution in [0.15, 0.2) is 12.1 Å². The molecule has 238 valence electrons. The molecule has 8 heteroatoms. The normalized spacial score (nSPS) is 23.2. The summed E-state index contributed by atoms with van der Waals surface area (Å²) in [5.41, 5.74) is 4.40. The van der Waals surface area contributed by atoms with Gasteiger partial charge in [-0.05, 0) is 83.7 Å². The zero-order valence-corrected chi connectivity index (χ0v) is 26.9. The van der Waals surface area contributed by atoms with Crippen LogP contribution in [0.4, 0.5) is 0 Å². The molecular formula is C35H52N2O6. The third kappa shape index (κ3) is 5.39. The number of aromatic hydroxyl groups is 4. The second-order valence-electron chi connectivity index (χ2n) is 14.5. The standard InChI is InChI=1S/C33H46N2O6.C2H6/c1-31(2)17-33(27-21(29(40)25(38)13-23(27)31)15-34-9-5-19(36)6-10-34)18-32(3,4)24-14-26(39)30(41)22(28(24)33)16-35-11-7-20(37)8-12-35;1-2/h13-14,19-20,36-41H,5-12,15-18H2,1-4H3;1-2H3. The van der Waals surface area contributed by atoms with Crippen LogP contribution < -0.4 is 0 Å². The average Bonchev–Trinajstić information content (AvgIpc) is 3.31. The SMILES string of the molecule is CC.CC1(C)CC2(CC(C)(C)c3cc(O)c(O)c(CN4CCC(O)CC4)c32)c2c1cc(O)c(O)c2CN1CCC(O)CC1. The molecule has 0 saturated carbocycles. The second-order valence-corrected chi connectivity index (χ2v) is 14.5. The smallest absolute Gasteiger partial charge is 0.162 e. The molecule has 4 aliphatic rings. The molecule has 0 bridgehead atoms. The number of phenols is 4. The number of fused-ring (bicyclic) bond motifs is 4. The van der Waals surface area contributed by atoms with Gasteiger partial charge in [-0.15, -0.1) is 0 Å². The third-order valence-corrected chi connectivity index (χ3v) is 10.5. The van der Waals surface area contributed by atoms with Gasteiger partial charge < -0.3 is 30.6 Å². The first kappa shape index (κ1) is 31.9. The van der Waals surface area contributed by atoms with Crippen LogP contribution in [-0.2, 0) is 29.3 Å². The lowest BCUT2D eigenvalue weighted by molar-refractivity contribution is 0.0785. The fourth-order valence-corrected chi connectivity index (χ4v) is 8.74. The lowest BCUT2D eigenvalue weighted by Gasteiger charge is -2.36. The summed E-state index contributed by atoms with van der Waals surface area (Å²) in [6.07, 6.45) is 3.58. The molecular weight excluding hydrogens is 544 g/mol. The summed E-state index contributed by atoms with van der Waals surface area (Å²) in [5.74, 6) is -0.404. The summed E-state index contributed by atoms with van der Waals surface area (Å²) < 4.78 is 0. The Morgan fingerprint density at radius 1 is 0.628 bits per heavy atom. The number of benzene rings is 2. The van der Waals surface area contributed by atoms with Gasteiger partial charge in [-0.3, -0.25) is 9.80 Å². The van der Waals surface area contributed by atoms with E-state index < -0.39 is 5.41 Å². The highest BCUT2D eigenvalue weighted by atomic mass is 16.3. The molecule has 0 amide bonds. The van der Waals surface area contributed by atoms with Gasteiger partial charge in [0.05, 0.1) is 12.2 Å². The van der Waals surface area contributed by atoms with E-state index in [1.165, 1.54) is 0 Å².